The van der Waals surface area contributed by atoms with E-state index in [2.05, 4.69) is 5.32 Å². The van der Waals surface area contributed by atoms with Crippen molar-refractivity contribution in [2.24, 2.45) is 0 Å². The molecule has 0 bridgehead atoms. The van der Waals surface area contributed by atoms with Gasteiger partial charge in [-0.15, -0.1) is 0 Å². The Balaban J connectivity index is 2.02. The Morgan fingerprint density at radius 2 is 1.96 bits per heavy atom. The zero-order valence-corrected chi connectivity index (χ0v) is 12.6. The zero-order chi connectivity index (χ0) is 17.6. The fourth-order valence-corrected chi connectivity index (χ4v) is 3.08. The second-order valence-electron chi connectivity index (χ2n) is 5.57. The van der Waals surface area contributed by atoms with Crippen molar-refractivity contribution in [3.8, 4) is 5.75 Å². The average Bonchev–Trinajstić information content (AvgIpc) is 2.82. The first-order chi connectivity index (χ1) is 11.2. The van der Waals surface area contributed by atoms with E-state index in [0.29, 0.717) is 0 Å². The van der Waals surface area contributed by atoms with Gasteiger partial charge < -0.3 is 9.64 Å². The third-order valence-electron chi connectivity index (χ3n) is 4.16. The Hall–Kier alpha value is -2.58. The minimum Gasteiger partial charge on any atom is -0.496 e. The number of nitrogens with zero attached hydrogens (tertiary/aromatic N) is 1. The van der Waals surface area contributed by atoms with Gasteiger partial charge in [0.25, 0.3) is 5.91 Å². The highest BCUT2D eigenvalue weighted by atomic mass is 19.4. The molecule has 6 nitrogen and oxygen atoms in total. The van der Waals surface area contributed by atoms with Crippen LogP contribution in [-0.2, 0) is 22.3 Å². The number of methoxy groups -OCH3 is 1. The van der Waals surface area contributed by atoms with Crippen LogP contribution in [0.1, 0.15) is 34.3 Å². The number of piperidine rings is 1. The number of imide groups is 1. The molecule has 1 saturated heterocycles. The fraction of sp³-hybridized carbons (Fsp3) is 0.400. The molecule has 1 aromatic rings. The summed E-state index contributed by atoms with van der Waals surface area (Å²) >= 11 is 0. The lowest BCUT2D eigenvalue weighted by molar-refractivity contribution is -0.139. The Labute approximate surface area is 134 Å². The van der Waals surface area contributed by atoms with Crippen LogP contribution in [0.4, 0.5) is 13.2 Å². The number of halogens is 3. The SMILES string of the molecule is COc1ccc2c(c1C(F)(F)F)C(=O)N(C1CCC(=O)NC1=O)C2. The van der Waals surface area contributed by atoms with E-state index in [9.17, 15) is 27.6 Å². The first kappa shape index (κ1) is 16.3. The number of alkyl halides is 3. The molecule has 24 heavy (non-hydrogen) atoms. The second-order valence-corrected chi connectivity index (χ2v) is 5.57. The summed E-state index contributed by atoms with van der Waals surface area (Å²) in [6, 6.07) is 1.57. The van der Waals surface area contributed by atoms with Crippen molar-refractivity contribution in [1.29, 1.82) is 0 Å². The van der Waals surface area contributed by atoms with Gasteiger partial charge in [0.15, 0.2) is 0 Å². The summed E-state index contributed by atoms with van der Waals surface area (Å²) in [6.45, 7) is -0.118. The van der Waals surface area contributed by atoms with Crippen molar-refractivity contribution in [3.63, 3.8) is 0 Å². The van der Waals surface area contributed by atoms with Gasteiger partial charge in [0.1, 0.15) is 17.4 Å². The zero-order valence-electron chi connectivity index (χ0n) is 12.6. The Morgan fingerprint density at radius 3 is 2.54 bits per heavy atom. The molecule has 1 unspecified atom stereocenters. The molecule has 3 rings (SSSR count). The van der Waals surface area contributed by atoms with Crippen molar-refractivity contribution in [2.45, 2.75) is 31.6 Å². The van der Waals surface area contributed by atoms with E-state index in [1.54, 1.807) is 0 Å². The molecule has 1 fully saturated rings. The summed E-state index contributed by atoms with van der Waals surface area (Å²) < 4.78 is 44.9. The summed E-state index contributed by atoms with van der Waals surface area (Å²) in [7, 11) is 1.09. The Morgan fingerprint density at radius 1 is 1.25 bits per heavy atom. The molecule has 0 spiro atoms. The van der Waals surface area contributed by atoms with Crippen LogP contribution in [0.5, 0.6) is 5.75 Å². The van der Waals surface area contributed by atoms with Crippen molar-refractivity contribution in [1.82, 2.24) is 10.2 Å². The van der Waals surface area contributed by atoms with E-state index in [1.165, 1.54) is 6.07 Å². The van der Waals surface area contributed by atoms with Crippen LogP contribution < -0.4 is 10.1 Å². The van der Waals surface area contributed by atoms with Gasteiger partial charge >= 0.3 is 6.18 Å². The molecule has 9 heteroatoms. The normalized spacial score (nSPS) is 20.9. The number of amides is 3. The lowest BCUT2D eigenvalue weighted by atomic mass is 10.0. The van der Waals surface area contributed by atoms with Gasteiger partial charge in [0.05, 0.1) is 12.7 Å². The van der Waals surface area contributed by atoms with Gasteiger partial charge in [0.2, 0.25) is 11.8 Å². The lowest BCUT2D eigenvalue weighted by Crippen LogP contribution is -2.52. The number of hydrogen-bond acceptors (Lipinski definition) is 4. The average molecular weight is 342 g/mol. The van der Waals surface area contributed by atoms with Gasteiger partial charge in [-0.2, -0.15) is 13.2 Å². The number of rotatable bonds is 2. The van der Waals surface area contributed by atoms with E-state index in [4.69, 9.17) is 4.74 Å². The first-order valence-electron chi connectivity index (χ1n) is 7.15. The Kier molecular flexibility index (Phi) is 3.73. The lowest BCUT2D eigenvalue weighted by Gasteiger charge is -2.29. The third-order valence-corrected chi connectivity index (χ3v) is 4.16. The van der Waals surface area contributed by atoms with Crippen molar-refractivity contribution >= 4 is 17.7 Å². The smallest absolute Gasteiger partial charge is 0.420 e. The van der Waals surface area contributed by atoms with E-state index in [0.717, 1.165) is 18.1 Å². The molecule has 3 amide bonds. The van der Waals surface area contributed by atoms with Gasteiger partial charge in [-0.05, 0) is 18.1 Å². The standard InChI is InChI=1S/C15H13F3N2O4/c1-24-9-4-2-7-6-20(8-3-5-10(21)19-13(8)22)14(23)11(7)12(9)15(16,17)18/h2,4,8H,3,5-6H2,1H3,(H,19,21,22). The van der Waals surface area contributed by atoms with Crippen molar-refractivity contribution in [2.75, 3.05) is 7.11 Å². The van der Waals surface area contributed by atoms with Crippen molar-refractivity contribution < 1.29 is 32.3 Å². The molecule has 1 N–H and O–H groups in total. The molecule has 0 radical (unpaired) electrons. The molecular formula is C15H13F3N2O4. The summed E-state index contributed by atoms with van der Waals surface area (Å²) in [5.41, 5.74) is -1.45. The molecule has 1 atom stereocenters. The molecule has 0 aliphatic carbocycles. The monoisotopic (exact) mass is 342 g/mol. The van der Waals surface area contributed by atoms with Gasteiger partial charge in [-0.1, -0.05) is 6.07 Å². The second kappa shape index (κ2) is 5.50. The van der Waals surface area contributed by atoms with Gasteiger partial charge in [-0.3, -0.25) is 19.7 Å². The number of benzene rings is 1. The number of carbonyl (C=O) groups excluding carboxylic acids is 3. The van der Waals surface area contributed by atoms with Gasteiger partial charge in [-0.25, -0.2) is 0 Å². The van der Waals surface area contributed by atoms with E-state index < -0.39 is 46.8 Å². The maximum atomic E-state index is 13.4. The fourth-order valence-electron chi connectivity index (χ4n) is 3.08. The number of carbonyl (C=O) groups is 3. The summed E-state index contributed by atoms with van der Waals surface area (Å²) in [4.78, 5) is 36.8. The molecule has 2 aliphatic heterocycles. The highest BCUT2D eigenvalue weighted by Gasteiger charge is 2.46. The number of nitrogens with one attached hydrogen (secondary N) is 1. The minimum absolute atomic E-state index is 0.0337. The summed E-state index contributed by atoms with van der Waals surface area (Å²) in [5.74, 6) is -2.46. The highest BCUT2D eigenvalue weighted by molar-refractivity contribution is 6.06. The van der Waals surface area contributed by atoms with Crippen LogP contribution in [0.15, 0.2) is 12.1 Å². The maximum Gasteiger partial charge on any atom is 0.420 e. The summed E-state index contributed by atoms with van der Waals surface area (Å²) in [5, 5.41) is 2.10. The summed E-state index contributed by atoms with van der Waals surface area (Å²) in [6.07, 6.45) is -4.65. The molecule has 2 aliphatic rings. The molecule has 128 valence electrons. The minimum atomic E-state index is -4.77. The molecule has 0 aromatic heterocycles. The van der Waals surface area contributed by atoms with Crippen molar-refractivity contribution in [3.05, 3.63) is 28.8 Å². The van der Waals surface area contributed by atoms with Crippen LogP contribution in [0.25, 0.3) is 0 Å². The quantitative estimate of drug-likeness (QED) is 0.826. The highest BCUT2D eigenvalue weighted by Crippen LogP contribution is 2.43. The molecular weight excluding hydrogens is 329 g/mol. The maximum absolute atomic E-state index is 13.4. The number of hydrogen-bond donors (Lipinski definition) is 1. The number of ether oxygens (including phenoxy) is 1. The number of fused-ring (bicyclic) bond motifs is 1. The Bertz CT molecular complexity index is 745. The first-order valence-corrected chi connectivity index (χ1v) is 7.15. The molecule has 1 aromatic carbocycles. The van der Waals surface area contributed by atoms with E-state index in [1.807, 2.05) is 0 Å². The largest absolute Gasteiger partial charge is 0.496 e. The molecule has 0 saturated carbocycles. The van der Waals surface area contributed by atoms with Crippen LogP contribution in [0.2, 0.25) is 0 Å². The van der Waals surface area contributed by atoms with E-state index in [-0.39, 0.29) is 24.9 Å². The predicted molar refractivity (Wildman–Crippen MR) is 74.0 cm³/mol. The van der Waals surface area contributed by atoms with Crippen LogP contribution in [0.3, 0.4) is 0 Å². The van der Waals surface area contributed by atoms with E-state index >= 15 is 0 Å². The van der Waals surface area contributed by atoms with Gasteiger partial charge in [0, 0.05) is 13.0 Å². The van der Waals surface area contributed by atoms with Crippen LogP contribution >= 0.6 is 0 Å². The molecule has 2 heterocycles. The predicted octanol–water partition coefficient (Wildman–Crippen LogP) is 1.47. The topological polar surface area (TPSA) is 75.7 Å². The van der Waals surface area contributed by atoms with Crippen LogP contribution in [-0.4, -0.2) is 35.8 Å². The van der Waals surface area contributed by atoms with Crippen LogP contribution in [0, 0.1) is 0 Å². The third kappa shape index (κ3) is 2.49.